The molecule has 3 rings (SSSR count). The van der Waals surface area contributed by atoms with Gasteiger partial charge >= 0.3 is 0 Å². The van der Waals surface area contributed by atoms with Crippen molar-refractivity contribution in [1.82, 2.24) is 9.88 Å². The van der Waals surface area contributed by atoms with Gasteiger partial charge in [-0.05, 0) is 24.3 Å². The smallest absolute Gasteiger partial charge is 0.128 e. The Morgan fingerprint density at radius 2 is 1.96 bits per heavy atom. The highest BCUT2D eigenvalue weighted by molar-refractivity contribution is 6.00. The van der Waals surface area contributed by atoms with Crippen LogP contribution in [0.25, 0.3) is 0 Å². The van der Waals surface area contributed by atoms with Gasteiger partial charge in [0.25, 0.3) is 0 Å². The number of piperazine rings is 1. The number of halogens is 1. The molecule has 1 aromatic carbocycles. The highest BCUT2D eigenvalue weighted by Gasteiger charge is 2.18. The fraction of sp³-hybridized carbons (Fsp3) is 0.333. The number of anilines is 1. The minimum Gasteiger partial charge on any atom is -0.411 e. The van der Waals surface area contributed by atoms with Crippen molar-refractivity contribution in [3.8, 4) is 0 Å². The maximum Gasteiger partial charge on any atom is 0.128 e. The first kappa shape index (κ1) is 16.4. The predicted molar refractivity (Wildman–Crippen MR) is 92.2 cm³/mol. The van der Waals surface area contributed by atoms with E-state index in [1.807, 2.05) is 24.4 Å². The van der Waals surface area contributed by atoms with E-state index in [0.717, 1.165) is 38.5 Å². The molecule has 5 nitrogen and oxygen atoms in total. The molecular formula is C18H21FN4O. The molecule has 1 fully saturated rings. The second-order valence-electron chi connectivity index (χ2n) is 5.82. The molecule has 1 aliphatic heterocycles. The Kier molecular flexibility index (Phi) is 5.38. The van der Waals surface area contributed by atoms with E-state index in [1.54, 1.807) is 12.1 Å². The van der Waals surface area contributed by atoms with Gasteiger partial charge in [0.05, 0.1) is 5.71 Å². The van der Waals surface area contributed by atoms with Crippen LogP contribution in [0, 0.1) is 5.82 Å². The summed E-state index contributed by atoms with van der Waals surface area (Å²) < 4.78 is 13.3. The lowest BCUT2D eigenvalue weighted by Gasteiger charge is -2.35. The quantitative estimate of drug-likeness (QED) is 0.521. The number of pyridine rings is 1. The molecule has 1 saturated heterocycles. The number of hydrogen-bond acceptors (Lipinski definition) is 5. The van der Waals surface area contributed by atoms with Crippen molar-refractivity contribution in [2.75, 3.05) is 37.6 Å². The van der Waals surface area contributed by atoms with Crippen LogP contribution in [-0.2, 0) is 0 Å². The van der Waals surface area contributed by atoms with Gasteiger partial charge in [-0.25, -0.2) is 9.37 Å². The minimum atomic E-state index is -0.322. The zero-order valence-corrected chi connectivity index (χ0v) is 13.5. The van der Waals surface area contributed by atoms with E-state index >= 15 is 0 Å². The molecule has 126 valence electrons. The summed E-state index contributed by atoms with van der Waals surface area (Å²) in [6, 6.07) is 12.1. The zero-order chi connectivity index (χ0) is 16.8. The summed E-state index contributed by atoms with van der Waals surface area (Å²) in [4.78, 5) is 8.97. The normalized spacial score (nSPS) is 16.4. The second-order valence-corrected chi connectivity index (χ2v) is 5.82. The SMILES string of the molecule is O/N=C(\CCN1CCN(c2ccccn2)CC1)c1cccc(F)c1. The minimum absolute atomic E-state index is 0.322. The molecule has 1 aromatic heterocycles. The van der Waals surface area contributed by atoms with Gasteiger partial charge in [-0.3, -0.25) is 4.90 Å². The van der Waals surface area contributed by atoms with Gasteiger partial charge in [0, 0.05) is 50.9 Å². The lowest BCUT2D eigenvalue weighted by molar-refractivity contribution is 0.262. The van der Waals surface area contributed by atoms with E-state index in [2.05, 4.69) is 19.9 Å². The third-order valence-corrected chi connectivity index (χ3v) is 4.29. The van der Waals surface area contributed by atoms with Crippen LogP contribution in [0.3, 0.4) is 0 Å². The lowest BCUT2D eigenvalue weighted by atomic mass is 10.1. The largest absolute Gasteiger partial charge is 0.411 e. The molecule has 1 N–H and O–H groups in total. The zero-order valence-electron chi connectivity index (χ0n) is 13.5. The molecule has 2 aromatic rings. The Bertz CT molecular complexity index is 684. The van der Waals surface area contributed by atoms with E-state index < -0.39 is 0 Å². The second kappa shape index (κ2) is 7.88. The maximum atomic E-state index is 13.3. The van der Waals surface area contributed by atoms with Gasteiger partial charge in [0.15, 0.2) is 0 Å². The predicted octanol–water partition coefficient (Wildman–Crippen LogP) is 2.61. The summed E-state index contributed by atoms with van der Waals surface area (Å²) in [6.45, 7) is 4.48. The van der Waals surface area contributed by atoms with Crippen molar-refractivity contribution in [3.63, 3.8) is 0 Å². The van der Waals surface area contributed by atoms with E-state index in [9.17, 15) is 9.60 Å². The molecule has 1 aliphatic rings. The maximum absolute atomic E-state index is 13.3. The van der Waals surface area contributed by atoms with Gasteiger partial charge < -0.3 is 10.1 Å². The molecule has 24 heavy (non-hydrogen) atoms. The number of oxime groups is 1. The Labute approximate surface area is 141 Å². The first-order valence-electron chi connectivity index (χ1n) is 8.11. The van der Waals surface area contributed by atoms with Crippen molar-refractivity contribution in [3.05, 3.63) is 60.0 Å². The molecule has 0 saturated carbocycles. The molecule has 0 unspecified atom stereocenters. The van der Waals surface area contributed by atoms with Crippen LogP contribution in [0.2, 0.25) is 0 Å². The van der Waals surface area contributed by atoms with E-state index in [4.69, 9.17) is 0 Å². The summed E-state index contributed by atoms with van der Waals surface area (Å²) in [7, 11) is 0. The topological polar surface area (TPSA) is 52.0 Å². The molecule has 6 heteroatoms. The Morgan fingerprint density at radius 1 is 1.12 bits per heavy atom. The van der Waals surface area contributed by atoms with Crippen LogP contribution < -0.4 is 4.90 Å². The molecule has 2 heterocycles. The number of hydrogen-bond donors (Lipinski definition) is 1. The Morgan fingerprint density at radius 3 is 2.62 bits per heavy atom. The van der Waals surface area contributed by atoms with Gasteiger partial charge in [-0.15, -0.1) is 0 Å². The molecule has 0 aliphatic carbocycles. The fourth-order valence-corrected chi connectivity index (χ4v) is 2.93. The lowest BCUT2D eigenvalue weighted by Crippen LogP contribution is -2.47. The highest BCUT2D eigenvalue weighted by atomic mass is 19.1. The molecule has 0 bridgehead atoms. The van der Waals surface area contributed by atoms with Crippen molar-refractivity contribution < 1.29 is 9.60 Å². The summed E-state index contributed by atoms with van der Waals surface area (Å²) in [5.74, 6) is 0.687. The van der Waals surface area contributed by atoms with Gasteiger partial charge in [-0.1, -0.05) is 23.4 Å². The third-order valence-electron chi connectivity index (χ3n) is 4.29. The van der Waals surface area contributed by atoms with Gasteiger partial charge in [0.2, 0.25) is 0 Å². The average molecular weight is 328 g/mol. The van der Waals surface area contributed by atoms with Crippen molar-refractivity contribution in [2.45, 2.75) is 6.42 Å². The highest BCUT2D eigenvalue weighted by Crippen LogP contribution is 2.13. The molecular weight excluding hydrogens is 307 g/mol. The first-order valence-corrected chi connectivity index (χ1v) is 8.11. The standard InChI is InChI=1S/C18H21FN4O/c19-16-5-3-4-15(14-16)17(21-24)7-9-22-10-12-23(13-11-22)18-6-1-2-8-20-18/h1-6,8,14,24H,7,9-13H2/b21-17+. The summed E-state index contributed by atoms with van der Waals surface area (Å²) in [5, 5.41) is 12.6. The number of aromatic nitrogens is 1. The fourth-order valence-electron chi connectivity index (χ4n) is 2.93. The first-order chi connectivity index (χ1) is 11.8. The van der Waals surface area contributed by atoms with Crippen LogP contribution >= 0.6 is 0 Å². The van der Waals surface area contributed by atoms with Crippen LogP contribution in [0.15, 0.2) is 53.8 Å². The molecule has 0 spiro atoms. The number of benzene rings is 1. The Hall–Kier alpha value is -2.47. The van der Waals surface area contributed by atoms with Gasteiger partial charge in [-0.2, -0.15) is 0 Å². The molecule has 0 amide bonds. The van der Waals surface area contributed by atoms with E-state index in [1.165, 1.54) is 12.1 Å². The summed E-state index contributed by atoms with van der Waals surface area (Å²) in [6.07, 6.45) is 2.40. The van der Waals surface area contributed by atoms with Crippen molar-refractivity contribution in [2.24, 2.45) is 5.16 Å². The summed E-state index contributed by atoms with van der Waals surface area (Å²) >= 11 is 0. The number of rotatable bonds is 5. The third kappa shape index (κ3) is 4.08. The van der Waals surface area contributed by atoms with Crippen LogP contribution in [0.1, 0.15) is 12.0 Å². The summed E-state index contributed by atoms with van der Waals surface area (Å²) in [5.41, 5.74) is 1.14. The average Bonchev–Trinajstić information content (AvgIpc) is 2.64. The van der Waals surface area contributed by atoms with Crippen LogP contribution in [-0.4, -0.2) is 53.5 Å². The number of nitrogens with zero attached hydrogens (tertiary/aromatic N) is 4. The van der Waals surface area contributed by atoms with E-state index in [-0.39, 0.29) is 5.82 Å². The molecule has 0 atom stereocenters. The van der Waals surface area contributed by atoms with Gasteiger partial charge in [0.1, 0.15) is 11.6 Å². The van der Waals surface area contributed by atoms with E-state index in [0.29, 0.717) is 17.7 Å². The van der Waals surface area contributed by atoms with Crippen LogP contribution in [0.5, 0.6) is 0 Å². The van der Waals surface area contributed by atoms with Crippen molar-refractivity contribution >= 4 is 11.5 Å². The molecule has 0 radical (unpaired) electrons. The van der Waals surface area contributed by atoms with Crippen molar-refractivity contribution in [1.29, 1.82) is 0 Å². The Balaban J connectivity index is 1.51. The van der Waals surface area contributed by atoms with Crippen LogP contribution in [0.4, 0.5) is 10.2 Å². The monoisotopic (exact) mass is 328 g/mol.